The molecule has 0 atom stereocenters. The van der Waals surface area contributed by atoms with E-state index in [9.17, 15) is 4.39 Å². The Balaban J connectivity index is 1.59. The molecule has 0 unspecified atom stereocenters. The molecule has 4 nitrogen and oxygen atoms in total. The summed E-state index contributed by atoms with van der Waals surface area (Å²) in [4.78, 5) is 4.51. The third-order valence-corrected chi connectivity index (χ3v) is 7.73. The molecule has 3 aromatic heterocycles. The van der Waals surface area contributed by atoms with Crippen LogP contribution in [0.25, 0.3) is 28.0 Å². The summed E-state index contributed by atoms with van der Waals surface area (Å²) in [5.41, 5.74) is 8.01. The smallest absolute Gasteiger partial charge is 0.139 e. The second kappa shape index (κ2) is 10.0. The minimum Gasteiger partial charge on any atom is -0.306 e. The van der Waals surface area contributed by atoms with Crippen molar-refractivity contribution < 1.29 is 4.39 Å². The summed E-state index contributed by atoms with van der Waals surface area (Å²) in [6, 6.07) is 40.1. The Morgan fingerprint density at radius 1 is 0.659 bits per heavy atom. The quantitative estimate of drug-likeness (QED) is 0.202. The molecule has 0 aliphatic rings. The van der Waals surface area contributed by atoms with Crippen molar-refractivity contribution in [2.24, 2.45) is 0 Å². The Labute approximate surface area is 238 Å². The summed E-state index contributed by atoms with van der Waals surface area (Å²) in [5.74, 6) is -0.280. The van der Waals surface area contributed by atoms with Crippen molar-refractivity contribution in [3.63, 3.8) is 0 Å². The summed E-state index contributed by atoms with van der Waals surface area (Å²) in [6.07, 6.45) is 7.97. The Hall–Kier alpha value is -5.29. The zero-order valence-corrected chi connectivity index (χ0v) is 22.5. The molecule has 41 heavy (non-hydrogen) atoms. The molecule has 0 saturated carbocycles. The van der Waals surface area contributed by atoms with E-state index >= 15 is 0 Å². The topological polar surface area (TPSA) is 35.1 Å². The Morgan fingerprint density at radius 3 is 1.78 bits per heavy atom. The van der Waals surface area contributed by atoms with E-state index in [2.05, 4.69) is 108 Å². The second-order valence-corrected chi connectivity index (χ2v) is 10.2. The fraction of sp³-hybridized carbons (Fsp3) is 0.0556. The maximum atomic E-state index is 14.0. The van der Waals surface area contributed by atoms with Gasteiger partial charge in [0.15, 0.2) is 0 Å². The van der Waals surface area contributed by atoms with E-state index in [0.717, 1.165) is 50.3 Å². The van der Waals surface area contributed by atoms with Crippen LogP contribution in [0.3, 0.4) is 0 Å². The van der Waals surface area contributed by atoms with Crippen molar-refractivity contribution in [3.05, 3.63) is 174 Å². The van der Waals surface area contributed by atoms with Crippen LogP contribution in [-0.4, -0.2) is 19.2 Å². The molecule has 0 bridgehead atoms. The molecule has 0 N–H and O–H groups in total. The molecule has 0 fully saturated rings. The number of fused-ring (bicyclic) bond motifs is 1. The van der Waals surface area contributed by atoms with Crippen LogP contribution in [0.15, 0.2) is 146 Å². The van der Waals surface area contributed by atoms with Crippen LogP contribution >= 0.6 is 0 Å². The maximum absolute atomic E-state index is 14.0. The van der Waals surface area contributed by atoms with Gasteiger partial charge in [-0.05, 0) is 59.5 Å². The van der Waals surface area contributed by atoms with Gasteiger partial charge in [-0.1, -0.05) is 91.0 Å². The number of halogens is 1. The summed E-state index contributed by atoms with van der Waals surface area (Å²) in [5, 5.41) is 5.35. The number of hydrogen-bond acceptors (Lipinski definition) is 2. The average molecular weight is 535 g/mol. The lowest BCUT2D eigenvalue weighted by molar-refractivity contribution is 0.461. The fourth-order valence-electron chi connectivity index (χ4n) is 5.87. The van der Waals surface area contributed by atoms with Crippen molar-refractivity contribution in [2.45, 2.75) is 12.5 Å². The Bertz CT molecular complexity index is 1840. The van der Waals surface area contributed by atoms with Gasteiger partial charge in [0.25, 0.3) is 0 Å². The van der Waals surface area contributed by atoms with Gasteiger partial charge in [-0.25, -0.2) is 9.37 Å². The number of aryl methyl sites for hydroxylation is 1. The number of imidazole rings is 1. The minimum atomic E-state index is -0.773. The first-order chi connectivity index (χ1) is 20.1. The van der Waals surface area contributed by atoms with Gasteiger partial charge >= 0.3 is 0 Å². The predicted molar refractivity (Wildman–Crippen MR) is 161 cm³/mol. The lowest BCUT2D eigenvalue weighted by atomic mass is 9.77. The van der Waals surface area contributed by atoms with Crippen molar-refractivity contribution in [1.29, 1.82) is 0 Å². The third-order valence-electron chi connectivity index (χ3n) is 7.73. The summed E-state index contributed by atoms with van der Waals surface area (Å²) in [6.45, 7) is 2.07. The standard InChI is InChI=1S/C36H27FN4/c1-26-23-28(24-40-22-21-38-35(26)40)33-25-41(39-34(33)27-17-19-32(37)20-18-27)36(29-11-5-2-6-12-29,30-13-7-3-8-14-30)31-15-9-4-10-16-31/h2-25H,1H3. The van der Waals surface area contributed by atoms with Gasteiger partial charge in [0.05, 0.1) is 0 Å². The van der Waals surface area contributed by atoms with Crippen LogP contribution in [-0.2, 0) is 5.54 Å². The van der Waals surface area contributed by atoms with Crippen molar-refractivity contribution >= 4 is 5.65 Å². The third kappa shape index (κ3) is 4.14. The number of aromatic nitrogens is 4. The Kier molecular flexibility index (Phi) is 6.05. The van der Waals surface area contributed by atoms with Crippen LogP contribution in [0.1, 0.15) is 22.3 Å². The van der Waals surface area contributed by atoms with E-state index in [1.165, 1.54) is 12.1 Å². The van der Waals surface area contributed by atoms with Gasteiger partial charge < -0.3 is 4.40 Å². The van der Waals surface area contributed by atoms with E-state index < -0.39 is 5.54 Å². The van der Waals surface area contributed by atoms with Crippen LogP contribution in [0.4, 0.5) is 4.39 Å². The SMILES string of the molecule is Cc1cc(-c2cn(C(c3ccccc3)(c3ccccc3)c3ccccc3)nc2-c2ccc(F)cc2)cn2ccnc12. The van der Waals surface area contributed by atoms with Crippen molar-refractivity contribution in [2.75, 3.05) is 0 Å². The van der Waals surface area contributed by atoms with Gasteiger partial charge in [-0.15, -0.1) is 0 Å². The molecule has 5 heteroatoms. The number of rotatable bonds is 6. The van der Waals surface area contributed by atoms with Crippen LogP contribution in [0.2, 0.25) is 0 Å². The van der Waals surface area contributed by atoms with E-state index in [4.69, 9.17) is 5.10 Å². The zero-order chi connectivity index (χ0) is 27.8. The molecule has 0 spiro atoms. The highest BCUT2D eigenvalue weighted by Gasteiger charge is 2.40. The number of hydrogen-bond donors (Lipinski definition) is 0. The van der Waals surface area contributed by atoms with E-state index in [-0.39, 0.29) is 5.82 Å². The molecule has 4 aromatic carbocycles. The molecular formula is C36H27FN4. The normalized spacial score (nSPS) is 11.7. The van der Waals surface area contributed by atoms with E-state index in [0.29, 0.717) is 0 Å². The van der Waals surface area contributed by atoms with Crippen LogP contribution in [0, 0.1) is 12.7 Å². The highest BCUT2D eigenvalue weighted by Crippen LogP contribution is 2.43. The molecule has 0 saturated heterocycles. The van der Waals surface area contributed by atoms with Gasteiger partial charge in [0.1, 0.15) is 22.7 Å². The lowest BCUT2D eigenvalue weighted by Crippen LogP contribution is -2.38. The molecule has 3 heterocycles. The summed E-state index contributed by atoms with van der Waals surface area (Å²) < 4.78 is 18.2. The molecule has 198 valence electrons. The first-order valence-corrected chi connectivity index (χ1v) is 13.6. The minimum absolute atomic E-state index is 0.280. The summed E-state index contributed by atoms with van der Waals surface area (Å²) in [7, 11) is 0. The monoisotopic (exact) mass is 534 g/mol. The largest absolute Gasteiger partial charge is 0.306 e. The highest BCUT2D eigenvalue weighted by molar-refractivity contribution is 5.81. The van der Waals surface area contributed by atoms with Crippen molar-refractivity contribution in [1.82, 2.24) is 19.2 Å². The second-order valence-electron chi connectivity index (χ2n) is 10.2. The van der Waals surface area contributed by atoms with Crippen LogP contribution < -0.4 is 0 Å². The molecule has 7 rings (SSSR count). The lowest BCUT2D eigenvalue weighted by Gasteiger charge is -2.36. The molecule has 7 aromatic rings. The zero-order valence-electron chi connectivity index (χ0n) is 22.5. The van der Waals surface area contributed by atoms with Gasteiger partial charge in [-0.3, -0.25) is 4.68 Å². The first kappa shape index (κ1) is 24.7. The van der Waals surface area contributed by atoms with Gasteiger partial charge in [0, 0.05) is 41.5 Å². The number of benzene rings is 4. The summed E-state index contributed by atoms with van der Waals surface area (Å²) >= 11 is 0. The fourth-order valence-corrected chi connectivity index (χ4v) is 5.87. The molecule has 0 amide bonds. The predicted octanol–water partition coefficient (Wildman–Crippen LogP) is 8.15. The molecular weight excluding hydrogens is 507 g/mol. The number of pyridine rings is 1. The number of nitrogens with zero attached hydrogens (tertiary/aromatic N) is 4. The average Bonchev–Trinajstić information content (AvgIpc) is 3.68. The first-order valence-electron chi connectivity index (χ1n) is 13.6. The molecule has 0 aliphatic heterocycles. The van der Waals surface area contributed by atoms with E-state index in [1.807, 2.05) is 35.0 Å². The highest BCUT2D eigenvalue weighted by atomic mass is 19.1. The Morgan fingerprint density at radius 2 is 1.22 bits per heavy atom. The molecule has 0 aliphatic carbocycles. The van der Waals surface area contributed by atoms with E-state index in [1.54, 1.807) is 12.1 Å². The molecule has 0 radical (unpaired) electrons. The van der Waals surface area contributed by atoms with Crippen molar-refractivity contribution in [3.8, 4) is 22.4 Å². The van der Waals surface area contributed by atoms with Crippen LogP contribution in [0.5, 0.6) is 0 Å². The maximum Gasteiger partial charge on any atom is 0.139 e. The van der Waals surface area contributed by atoms with Gasteiger partial charge in [0.2, 0.25) is 0 Å². The van der Waals surface area contributed by atoms with Gasteiger partial charge in [-0.2, -0.15) is 5.10 Å².